The number of nitrogens with zero attached hydrogens (tertiary/aromatic N) is 2. The zero-order valence-corrected chi connectivity index (χ0v) is 15.5. The largest absolute Gasteiger partial charge is 0.496 e. The zero-order chi connectivity index (χ0) is 17.8. The summed E-state index contributed by atoms with van der Waals surface area (Å²) in [6.07, 6.45) is 0. The van der Waals surface area contributed by atoms with Gasteiger partial charge in [0.25, 0.3) is 11.8 Å². The van der Waals surface area contributed by atoms with Crippen LogP contribution in [0, 0.1) is 0 Å². The van der Waals surface area contributed by atoms with Gasteiger partial charge in [-0.05, 0) is 36.4 Å². The second-order valence-electron chi connectivity index (χ2n) is 5.79. The van der Waals surface area contributed by atoms with Crippen molar-refractivity contribution in [2.75, 3.05) is 33.3 Å². The van der Waals surface area contributed by atoms with E-state index in [1.165, 1.54) is 0 Å². The molecule has 3 rings (SSSR count). The van der Waals surface area contributed by atoms with Crippen molar-refractivity contribution in [3.8, 4) is 5.75 Å². The third-order valence-corrected chi connectivity index (χ3v) is 4.81. The predicted molar refractivity (Wildman–Crippen MR) is 98.9 cm³/mol. The number of benzene rings is 2. The molecule has 0 bridgehead atoms. The van der Waals surface area contributed by atoms with Gasteiger partial charge in [0.1, 0.15) is 5.75 Å². The molecule has 0 aromatic heterocycles. The number of hydrogen-bond acceptors (Lipinski definition) is 3. The Morgan fingerprint density at radius 2 is 1.44 bits per heavy atom. The molecule has 0 unspecified atom stereocenters. The average molecular weight is 403 g/mol. The first kappa shape index (κ1) is 17.5. The van der Waals surface area contributed by atoms with E-state index in [0.717, 1.165) is 4.47 Å². The van der Waals surface area contributed by atoms with E-state index in [1.54, 1.807) is 41.2 Å². The molecule has 6 heteroatoms. The zero-order valence-electron chi connectivity index (χ0n) is 13.9. The van der Waals surface area contributed by atoms with Gasteiger partial charge in [-0.3, -0.25) is 9.59 Å². The van der Waals surface area contributed by atoms with Crippen LogP contribution in [0.3, 0.4) is 0 Å². The standard InChI is InChI=1S/C19H19BrN2O3/c1-25-17-5-3-2-4-16(17)19(24)22-12-10-21(11-13-22)18(23)14-6-8-15(20)9-7-14/h2-9H,10-13H2,1H3. The lowest BCUT2D eigenvalue weighted by atomic mass is 10.1. The van der Waals surface area contributed by atoms with Crippen LogP contribution in [-0.2, 0) is 0 Å². The van der Waals surface area contributed by atoms with E-state index >= 15 is 0 Å². The van der Waals surface area contributed by atoms with E-state index in [1.807, 2.05) is 24.3 Å². The van der Waals surface area contributed by atoms with E-state index in [2.05, 4.69) is 15.9 Å². The normalized spacial score (nSPS) is 14.3. The highest BCUT2D eigenvalue weighted by Crippen LogP contribution is 2.20. The maximum Gasteiger partial charge on any atom is 0.257 e. The van der Waals surface area contributed by atoms with Crippen molar-refractivity contribution >= 4 is 27.7 Å². The lowest BCUT2D eigenvalue weighted by Crippen LogP contribution is -2.50. The first-order chi connectivity index (χ1) is 12.1. The molecule has 0 saturated carbocycles. The molecule has 1 fully saturated rings. The molecular formula is C19H19BrN2O3. The van der Waals surface area contributed by atoms with Crippen molar-refractivity contribution < 1.29 is 14.3 Å². The highest BCUT2D eigenvalue weighted by molar-refractivity contribution is 9.10. The van der Waals surface area contributed by atoms with Gasteiger partial charge in [-0.1, -0.05) is 28.1 Å². The second kappa shape index (κ2) is 7.70. The molecule has 2 amide bonds. The number of carbonyl (C=O) groups excluding carboxylic acids is 2. The fourth-order valence-corrected chi connectivity index (χ4v) is 3.14. The molecule has 1 aliphatic rings. The Morgan fingerprint density at radius 1 is 0.880 bits per heavy atom. The van der Waals surface area contributed by atoms with Gasteiger partial charge in [-0.2, -0.15) is 0 Å². The van der Waals surface area contributed by atoms with Gasteiger partial charge in [-0.15, -0.1) is 0 Å². The number of halogens is 1. The van der Waals surface area contributed by atoms with Crippen molar-refractivity contribution in [3.05, 3.63) is 64.1 Å². The minimum absolute atomic E-state index is 0.00288. The van der Waals surface area contributed by atoms with Crippen molar-refractivity contribution in [2.24, 2.45) is 0 Å². The lowest BCUT2D eigenvalue weighted by molar-refractivity contribution is 0.0533. The summed E-state index contributed by atoms with van der Waals surface area (Å²) in [7, 11) is 1.56. The molecule has 25 heavy (non-hydrogen) atoms. The predicted octanol–water partition coefficient (Wildman–Crippen LogP) is 3.06. The van der Waals surface area contributed by atoms with Crippen LogP contribution in [0.1, 0.15) is 20.7 Å². The molecule has 1 aliphatic heterocycles. The molecule has 5 nitrogen and oxygen atoms in total. The summed E-state index contributed by atoms with van der Waals surface area (Å²) < 4.78 is 6.21. The van der Waals surface area contributed by atoms with Crippen LogP contribution in [0.2, 0.25) is 0 Å². The van der Waals surface area contributed by atoms with Gasteiger partial charge >= 0.3 is 0 Å². The van der Waals surface area contributed by atoms with Gasteiger partial charge in [0.2, 0.25) is 0 Å². The van der Waals surface area contributed by atoms with Crippen LogP contribution >= 0.6 is 15.9 Å². The summed E-state index contributed by atoms with van der Waals surface area (Å²) in [6.45, 7) is 2.07. The SMILES string of the molecule is COc1ccccc1C(=O)N1CCN(C(=O)c2ccc(Br)cc2)CC1. The number of amides is 2. The van der Waals surface area contributed by atoms with Crippen LogP contribution in [-0.4, -0.2) is 54.9 Å². The quantitative estimate of drug-likeness (QED) is 0.792. The van der Waals surface area contributed by atoms with Crippen molar-refractivity contribution in [3.63, 3.8) is 0 Å². The topological polar surface area (TPSA) is 49.9 Å². The Hall–Kier alpha value is -2.34. The van der Waals surface area contributed by atoms with Gasteiger partial charge in [0.05, 0.1) is 12.7 Å². The number of methoxy groups -OCH3 is 1. The monoisotopic (exact) mass is 402 g/mol. The molecule has 0 atom stereocenters. The fourth-order valence-electron chi connectivity index (χ4n) is 2.88. The Bertz CT molecular complexity index is 768. The Kier molecular flexibility index (Phi) is 5.38. The van der Waals surface area contributed by atoms with E-state index in [-0.39, 0.29) is 11.8 Å². The maximum absolute atomic E-state index is 12.7. The Labute approximate surface area is 155 Å². The van der Waals surface area contributed by atoms with Gasteiger partial charge in [0, 0.05) is 36.2 Å². The van der Waals surface area contributed by atoms with Crippen LogP contribution < -0.4 is 4.74 Å². The number of para-hydroxylation sites is 1. The highest BCUT2D eigenvalue weighted by atomic mass is 79.9. The van der Waals surface area contributed by atoms with Crippen molar-refractivity contribution in [2.45, 2.75) is 0 Å². The Balaban J connectivity index is 1.64. The molecule has 2 aromatic carbocycles. The molecule has 0 spiro atoms. The molecule has 1 saturated heterocycles. The van der Waals surface area contributed by atoms with E-state index in [9.17, 15) is 9.59 Å². The molecular weight excluding hydrogens is 384 g/mol. The van der Waals surface area contributed by atoms with E-state index in [0.29, 0.717) is 43.1 Å². The third-order valence-electron chi connectivity index (χ3n) is 4.28. The van der Waals surface area contributed by atoms with Crippen LogP contribution in [0.25, 0.3) is 0 Å². The molecule has 0 N–H and O–H groups in total. The van der Waals surface area contributed by atoms with Crippen LogP contribution in [0.5, 0.6) is 5.75 Å². The smallest absolute Gasteiger partial charge is 0.257 e. The van der Waals surface area contributed by atoms with Gasteiger partial charge in [0.15, 0.2) is 0 Å². The average Bonchev–Trinajstić information content (AvgIpc) is 2.67. The van der Waals surface area contributed by atoms with Gasteiger partial charge in [-0.25, -0.2) is 0 Å². The summed E-state index contributed by atoms with van der Waals surface area (Å²) in [5.41, 5.74) is 1.21. The summed E-state index contributed by atoms with van der Waals surface area (Å²) in [4.78, 5) is 28.8. The van der Waals surface area contributed by atoms with Crippen LogP contribution in [0.4, 0.5) is 0 Å². The highest BCUT2D eigenvalue weighted by Gasteiger charge is 2.26. The number of carbonyl (C=O) groups is 2. The van der Waals surface area contributed by atoms with Crippen molar-refractivity contribution in [1.29, 1.82) is 0 Å². The van der Waals surface area contributed by atoms with Crippen molar-refractivity contribution in [1.82, 2.24) is 9.80 Å². The fraction of sp³-hybridized carbons (Fsp3) is 0.263. The number of rotatable bonds is 3. The summed E-state index contributed by atoms with van der Waals surface area (Å²) in [5.74, 6) is 0.506. The summed E-state index contributed by atoms with van der Waals surface area (Å²) >= 11 is 3.37. The number of ether oxygens (including phenoxy) is 1. The molecule has 0 radical (unpaired) electrons. The summed E-state index contributed by atoms with van der Waals surface area (Å²) in [5, 5.41) is 0. The lowest BCUT2D eigenvalue weighted by Gasteiger charge is -2.35. The van der Waals surface area contributed by atoms with E-state index < -0.39 is 0 Å². The molecule has 2 aromatic rings. The first-order valence-corrected chi connectivity index (χ1v) is 8.86. The summed E-state index contributed by atoms with van der Waals surface area (Å²) in [6, 6.07) is 14.5. The number of piperazine rings is 1. The van der Waals surface area contributed by atoms with Gasteiger partial charge < -0.3 is 14.5 Å². The Morgan fingerprint density at radius 3 is 2.04 bits per heavy atom. The molecule has 130 valence electrons. The second-order valence-corrected chi connectivity index (χ2v) is 6.71. The first-order valence-electron chi connectivity index (χ1n) is 8.07. The van der Waals surface area contributed by atoms with E-state index in [4.69, 9.17) is 4.74 Å². The van der Waals surface area contributed by atoms with Crippen LogP contribution in [0.15, 0.2) is 53.0 Å². The number of hydrogen-bond donors (Lipinski definition) is 0. The third kappa shape index (κ3) is 3.85. The maximum atomic E-state index is 12.7. The molecule has 1 heterocycles. The minimum Gasteiger partial charge on any atom is -0.496 e. The minimum atomic E-state index is -0.0619. The molecule has 0 aliphatic carbocycles.